The van der Waals surface area contributed by atoms with Crippen molar-refractivity contribution >= 4 is 0 Å². The zero-order valence-corrected chi connectivity index (χ0v) is 10.3. The minimum absolute atomic E-state index is 0.261. The second-order valence-corrected chi connectivity index (χ2v) is 5.38. The van der Waals surface area contributed by atoms with Crippen LogP contribution in [0, 0.1) is 0 Å². The van der Waals surface area contributed by atoms with Crippen molar-refractivity contribution in [2.24, 2.45) is 0 Å². The van der Waals surface area contributed by atoms with Crippen LogP contribution in [0.5, 0.6) is 0 Å². The lowest BCUT2D eigenvalue weighted by Gasteiger charge is -2.23. The third-order valence-corrected chi connectivity index (χ3v) is 4.10. The molecule has 94 valence electrons. The highest BCUT2D eigenvalue weighted by Crippen LogP contribution is 2.43. The first-order valence-electron chi connectivity index (χ1n) is 6.77. The van der Waals surface area contributed by atoms with Crippen LogP contribution in [0.3, 0.4) is 0 Å². The fourth-order valence-corrected chi connectivity index (χ4v) is 3.20. The Balaban J connectivity index is 1.42. The van der Waals surface area contributed by atoms with Crippen molar-refractivity contribution in [2.45, 2.75) is 56.8 Å². The van der Waals surface area contributed by atoms with E-state index in [4.69, 9.17) is 9.15 Å². The van der Waals surface area contributed by atoms with Crippen LogP contribution in [-0.4, -0.2) is 18.2 Å². The van der Waals surface area contributed by atoms with Gasteiger partial charge in [0.1, 0.15) is 5.76 Å². The quantitative estimate of drug-likeness (QED) is 0.871. The maximum atomic E-state index is 6.24. The summed E-state index contributed by atoms with van der Waals surface area (Å²) in [6.45, 7) is 1.75. The predicted molar refractivity (Wildman–Crippen MR) is 65.7 cm³/mol. The van der Waals surface area contributed by atoms with E-state index in [1.165, 1.54) is 38.5 Å². The molecule has 0 aromatic carbocycles. The molecule has 3 heteroatoms. The van der Waals surface area contributed by atoms with Gasteiger partial charge in [-0.05, 0) is 37.8 Å². The Labute approximate surface area is 103 Å². The molecular weight excluding hydrogens is 214 g/mol. The highest BCUT2D eigenvalue weighted by Gasteiger charge is 2.41. The molecule has 3 rings (SSSR count). The average Bonchev–Trinajstić information content (AvgIpc) is 3.04. The molecule has 0 bridgehead atoms. The minimum atomic E-state index is 0.261. The molecule has 1 aromatic heterocycles. The second kappa shape index (κ2) is 4.83. The van der Waals surface area contributed by atoms with E-state index in [-0.39, 0.29) is 5.60 Å². The lowest BCUT2D eigenvalue weighted by molar-refractivity contribution is -0.0352. The summed E-state index contributed by atoms with van der Waals surface area (Å²) in [5.74, 6) is 0.999. The van der Waals surface area contributed by atoms with E-state index < -0.39 is 0 Å². The largest absolute Gasteiger partial charge is 0.468 e. The number of furan rings is 1. The van der Waals surface area contributed by atoms with E-state index in [1.54, 1.807) is 6.26 Å². The van der Waals surface area contributed by atoms with Crippen LogP contribution >= 0.6 is 0 Å². The van der Waals surface area contributed by atoms with Crippen molar-refractivity contribution in [1.82, 2.24) is 5.32 Å². The zero-order chi connectivity index (χ0) is 11.6. The maximum absolute atomic E-state index is 6.24. The third kappa shape index (κ3) is 2.55. The monoisotopic (exact) mass is 235 g/mol. The number of hydrogen-bond acceptors (Lipinski definition) is 3. The zero-order valence-electron chi connectivity index (χ0n) is 10.3. The summed E-state index contributed by atoms with van der Waals surface area (Å²) in [4.78, 5) is 0. The number of ether oxygens (including phenoxy) is 1. The standard InChI is InChI=1S/C14H21NO2/c1-2-7-14(6-1)8-5-13(17-14)11-15-10-12-4-3-9-16-12/h3-4,9,13,15H,1-2,5-8,10-11H2. The van der Waals surface area contributed by atoms with Gasteiger partial charge in [0.15, 0.2) is 0 Å². The molecule has 1 atom stereocenters. The summed E-state index contributed by atoms with van der Waals surface area (Å²) < 4.78 is 11.5. The highest BCUT2D eigenvalue weighted by atomic mass is 16.5. The summed E-state index contributed by atoms with van der Waals surface area (Å²) in [7, 11) is 0. The summed E-state index contributed by atoms with van der Waals surface area (Å²) in [6.07, 6.45) is 9.87. The fraction of sp³-hybridized carbons (Fsp3) is 0.714. The van der Waals surface area contributed by atoms with E-state index in [0.29, 0.717) is 6.10 Å². The van der Waals surface area contributed by atoms with Crippen LogP contribution in [0.1, 0.15) is 44.3 Å². The summed E-state index contributed by atoms with van der Waals surface area (Å²) in [5, 5.41) is 3.42. The van der Waals surface area contributed by atoms with E-state index in [0.717, 1.165) is 18.8 Å². The van der Waals surface area contributed by atoms with Crippen molar-refractivity contribution in [3.8, 4) is 0 Å². The van der Waals surface area contributed by atoms with Crippen LogP contribution in [0.2, 0.25) is 0 Å². The number of hydrogen-bond donors (Lipinski definition) is 1. The first kappa shape index (κ1) is 11.3. The smallest absolute Gasteiger partial charge is 0.117 e. The summed E-state index contributed by atoms with van der Waals surface area (Å²) in [5.41, 5.74) is 0.261. The topological polar surface area (TPSA) is 34.4 Å². The molecule has 1 N–H and O–H groups in total. The Morgan fingerprint density at radius 1 is 1.29 bits per heavy atom. The normalized spacial score (nSPS) is 26.9. The van der Waals surface area contributed by atoms with Gasteiger partial charge in [-0.2, -0.15) is 0 Å². The van der Waals surface area contributed by atoms with Crippen LogP contribution in [-0.2, 0) is 11.3 Å². The molecule has 0 amide bonds. The Hall–Kier alpha value is -0.800. The van der Waals surface area contributed by atoms with Gasteiger partial charge in [-0.15, -0.1) is 0 Å². The molecule has 1 aromatic rings. The lowest BCUT2D eigenvalue weighted by Crippen LogP contribution is -2.30. The Bertz CT molecular complexity index is 341. The van der Waals surface area contributed by atoms with Gasteiger partial charge in [-0.1, -0.05) is 12.8 Å². The van der Waals surface area contributed by atoms with Gasteiger partial charge in [0.25, 0.3) is 0 Å². The SMILES string of the molecule is c1coc(CNCC2CCC3(CCCC3)O2)c1. The van der Waals surface area contributed by atoms with Gasteiger partial charge >= 0.3 is 0 Å². The van der Waals surface area contributed by atoms with Gasteiger partial charge < -0.3 is 14.5 Å². The average molecular weight is 235 g/mol. The first-order chi connectivity index (χ1) is 8.36. The minimum Gasteiger partial charge on any atom is -0.468 e. The van der Waals surface area contributed by atoms with Crippen molar-refractivity contribution in [3.63, 3.8) is 0 Å². The van der Waals surface area contributed by atoms with Gasteiger partial charge in [0, 0.05) is 6.54 Å². The number of rotatable bonds is 4. The molecule has 2 heterocycles. The molecule has 1 saturated carbocycles. The molecular formula is C14H21NO2. The van der Waals surface area contributed by atoms with Crippen LogP contribution in [0.4, 0.5) is 0 Å². The van der Waals surface area contributed by atoms with E-state index in [2.05, 4.69) is 5.32 Å². The van der Waals surface area contributed by atoms with E-state index in [9.17, 15) is 0 Å². The molecule has 1 saturated heterocycles. The first-order valence-corrected chi connectivity index (χ1v) is 6.77. The molecule has 1 spiro atoms. The van der Waals surface area contributed by atoms with Crippen molar-refractivity contribution in [1.29, 1.82) is 0 Å². The van der Waals surface area contributed by atoms with E-state index in [1.807, 2.05) is 12.1 Å². The molecule has 1 aliphatic heterocycles. The van der Waals surface area contributed by atoms with Crippen LogP contribution in [0.15, 0.2) is 22.8 Å². The Morgan fingerprint density at radius 3 is 2.94 bits per heavy atom. The van der Waals surface area contributed by atoms with Gasteiger partial charge in [-0.3, -0.25) is 0 Å². The van der Waals surface area contributed by atoms with Gasteiger partial charge in [0.2, 0.25) is 0 Å². The number of nitrogens with one attached hydrogen (secondary N) is 1. The lowest BCUT2D eigenvalue weighted by atomic mass is 9.98. The van der Waals surface area contributed by atoms with Crippen molar-refractivity contribution < 1.29 is 9.15 Å². The highest BCUT2D eigenvalue weighted by molar-refractivity contribution is 4.98. The third-order valence-electron chi connectivity index (χ3n) is 4.10. The van der Waals surface area contributed by atoms with Gasteiger partial charge in [-0.25, -0.2) is 0 Å². The van der Waals surface area contributed by atoms with Crippen molar-refractivity contribution in [3.05, 3.63) is 24.2 Å². The van der Waals surface area contributed by atoms with Crippen LogP contribution in [0.25, 0.3) is 0 Å². The molecule has 3 nitrogen and oxygen atoms in total. The molecule has 1 aliphatic carbocycles. The second-order valence-electron chi connectivity index (χ2n) is 5.38. The molecule has 2 fully saturated rings. The van der Waals surface area contributed by atoms with Crippen molar-refractivity contribution in [2.75, 3.05) is 6.54 Å². The van der Waals surface area contributed by atoms with Crippen LogP contribution < -0.4 is 5.32 Å². The molecule has 17 heavy (non-hydrogen) atoms. The maximum Gasteiger partial charge on any atom is 0.117 e. The molecule has 2 aliphatic rings. The Morgan fingerprint density at radius 2 is 2.18 bits per heavy atom. The summed E-state index contributed by atoms with van der Waals surface area (Å²) in [6, 6.07) is 3.93. The fourth-order valence-electron chi connectivity index (χ4n) is 3.20. The van der Waals surface area contributed by atoms with Gasteiger partial charge in [0.05, 0.1) is 24.5 Å². The summed E-state index contributed by atoms with van der Waals surface area (Å²) >= 11 is 0. The molecule has 1 unspecified atom stereocenters. The molecule has 0 radical (unpaired) electrons. The Kier molecular flexibility index (Phi) is 3.21. The predicted octanol–water partition coefficient (Wildman–Crippen LogP) is 2.86. The van der Waals surface area contributed by atoms with E-state index >= 15 is 0 Å².